The van der Waals surface area contributed by atoms with Gasteiger partial charge in [0, 0.05) is 18.4 Å². The minimum absolute atomic E-state index is 0.0373. The number of hydrogen-bond acceptors (Lipinski definition) is 2. The maximum atomic E-state index is 11.7. The Morgan fingerprint density at radius 3 is 2.93 bits per heavy atom. The molecule has 1 unspecified atom stereocenters. The minimum Gasteiger partial charge on any atom is -0.354 e. The lowest BCUT2D eigenvalue weighted by Crippen LogP contribution is -2.32. The number of unbranched alkanes of at least 4 members (excludes halogenated alkanes) is 1. The van der Waals surface area contributed by atoms with Crippen molar-refractivity contribution in [1.29, 1.82) is 0 Å². The molecule has 1 aromatic rings. The zero-order valence-electron chi connectivity index (χ0n) is 9.66. The highest BCUT2D eigenvalue weighted by Crippen LogP contribution is 2.07. The lowest BCUT2D eigenvalue weighted by Gasteiger charge is -2.14. The van der Waals surface area contributed by atoms with E-state index in [2.05, 4.69) is 17.3 Å². The molecule has 0 spiro atoms. The predicted molar refractivity (Wildman–Crippen MR) is 59.6 cm³/mol. The summed E-state index contributed by atoms with van der Waals surface area (Å²) in [7, 11) is 0. The van der Waals surface area contributed by atoms with Crippen LogP contribution in [0.25, 0.3) is 0 Å². The van der Waals surface area contributed by atoms with Crippen molar-refractivity contribution in [3.63, 3.8) is 0 Å². The first-order valence-electron chi connectivity index (χ1n) is 5.44. The van der Waals surface area contributed by atoms with E-state index in [1.54, 1.807) is 10.9 Å². The van der Waals surface area contributed by atoms with Crippen LogP contribution in [0.5, 0.6) is 0 Å². The molecular weight excluding hydrogens is 190 g/mol. The Balaban J connectivity index is 2.50. The fourth-order valence-corrected chi connectivity index (χ4v) is 1.43. The van der Waals surface area contributed by atoms with Gasteiger partial charge in [0.15, 0.2) is 0 Å². The standard InChI is InChI=1S/C11H19N3O/c1-4-5-7-12-11(15)10(3)14-9(2)6-8-13-14/h6,8,10H,4-5,7H2,1-3H3,(H,12,15). The Kier molecular flexibility index (Phi) is 4.34. The topological polar surface area (TPSA) is 46.9 Å². The molecule has 4 nitrogen and oxygen atoms in total. The SMILES string of the molecule is CCCCNC(=O)C(C)n1nccc1C. The van der Waals surface area contributed by atoms with Gasteiger partial charge in [0.2, 0.25) is 5.91 Å². The molecule has 1 amide bonds. The average molecular weight is 209 g/mol. The second kappa shape index (κ2) is 5.53. The number of carbonyl (C=O) groups excluding carboxylic acids is 1. The number of rotatable bonds is 5. The van der Waals surface area contributed by atoms with Crippen LogP contribution in [0.2, 0.25) is 0 Å². The highest BCUT2D eigenvalue weighted by molar-refractivity contribution is 5.79. The van der Waals surface area contributed by atoms with Crippen LogP contribution in [0.15, 0.2) is 12.3 Å². The van der Waals surface area contributed by atoms with Gasteiger partial charge in [0.05, 0.1) is 0 Å². The van der Waals surface area contributed by atoms with E-state index in [4.69, 9.17) is 0 Å². The molecule has 0 aliphatic rings. The third kappa shape index (κ3) is 3.08. The number of nitrogens with one attached hydrogen (secondary N) is 1. The summed E-state index contributed by atoms with van der Waals surface area (Å²) in [5.41, 5.74) is 1.01. The highest BCUT2D eigenvalue weighted by atomic mass is 16.2. The van der Waals surface area contributed by atoms with Crippen LogP contribution in [0, 0.1) is 6.92 Å². The van der Waals surface area contributed by atoms with Crippen molar-refractivity contribution in [2.24, 2.45) is 0 Å². The van der Waals surface area contributed by atoms with E-state index in [9.17, 15) is 4.79 Å². The van der Waals surface area contributed by atoms with Crippen molar-refractivity contribution < 1.29 is 4.79 Å². The molecule has 1 rings (SSSR count). The van der Waals surface area contributed by atoms with Crippen LogP contribution in [-0.2, 0) is 4.79 Å². The molecule has 15 heavy (non-hydrogen) atoms. The van der Waals surface area contributed by atoms with Gasteiger partial charge >= 0.3 is 0 Å². The molecule has 0 bridgehead atoms. The summed E-state index contributed by atoms with van der Waals surface area (Å²) in [5.74, 6) is 0.0373. The molecular formula is C11H19N3O. The molecule has 0 saturated heterocycles. The molecule has 4 heteroatoms. The molecule has 0 radical (unpaired) electrons. The lowest BCUT2D eigenvalue weighted by atomic mass is 10.3. The second-order valence-corrected chi connectivity index (χ2v) is 3.74. The van der Waals surface area contributed by atoms with Crippen LogP contribution in [0.4, 0.5) is 0 Å². The smallest absolute Gasteiger partial charge is 0.244 e. The number of aryl methyl sites for hydroxylation is 1. The third-order valence-electron chi connectivity index (χ3n) is 2.44. The summed E-state index contributed by atoms with van der Waals surface area (Å²) in [6.07, 6.45) is 3.83. The van der Waals surface area contributed by atoms with Crippen LogP contribution in [0.3, 0.4) is 0 Å². The number of nitrogens with zero attached hydrogens (tertiary/aromatic N) is 2. The summed E-state index contributed by atoms with van der Waals surface area (Å²) >= 11 is 0. The van der Waals surface area contributed by atoms with Gasteiger partial charge < -0.3 is 5.32 Å². The van der Waals surface area contributed by atoms with E-state index >= 15 is 0 Å². The summed E-state index contributed by atoms with van der Waals surface area (Å²) in [6.45, 7) is 6.66. The molecule has 1 aromatic heterocycles. The summed E-state index contributed by atoms with van der Waals surface area (Å²) in [4.78, 5) is 11.7. The lowest BCUT2D eigenvalue weighted by molar-refractivity contribution is -0.124. The van der Waals surface area contributed by atoms with Gasteiger partial charge in [-0.2, -0.15) is 5.10 Å². The van der Waals surface area contributed by atoms with E-state index in [-0.39, 0.29) is 11.9 Å². The van der Waals surface area contributed by atoms with Gasteiger partial charge in [-0.3, -0.25) is 9.48 Å². The predicted octanol–water partition coefficient (Wildman–Crippen LogP) is 1.67. The molecule has 1 N–H and O–H groups in total. The van der Waals surface area contributed by atoms with Crippen LogP contribution in [-0.4, -0.2) is 22.2 Å². The molecule has 0 fully saturated rings. The van der Waals surface area contributed by atoms with E-state index in [1.807, 2.05) is 19.9 Å². The Morgan fingerprint density at radius 2 is 2.40 bits per heavy atom. The van der Waals surface area contributed by atoms with E-state index in [1.165, 1.54) is 0 Å². The van der Waals surface area contributed by atoms with Gasteiger partial charge in [-0.05, 0) is 26.3 Å². The fourth-order valence-electron chi connectivity index (χ4n) is 1.43. The van der Waals surface area contributed by atoms with Crippen molar-refractivity contribution >= 4 is 5.91 Å². The number of hydrogen-bond donors (Lipinski definition) is 1. The first-order chi connectivity index (χ1) is 7.16. The Morgan fingerprint density at radius 1 is 1.67 bits per heavy atom. The fraction of sp³-hybridized carbons (Fsp3) is 0.636. The normalized spacial score (nSPS) is 12.5. The first kappa shape index (κ1) is 11.8. The molecule has 0 aromatic carbocycles. The van der Waals surface area contributed by atoms with Gasteiger partial charge in [-0.15, -0.1) is 0 Å². The van der Waals surface area contributed by atoms with Gasteiger partial charge in [-0.25, -0.2) is 0 Å². The van der Waals surface area contributed by atoms with E-state index < -0.39 is 0 Å². The molecule has 84 valence electrons. The average Bonchev–Trinajstić information content (AvgIpc) is 2.63. The number of amides is 1. The highest BCUT2D eigenvalue weighted by Gasteiger charge is 2.15. The van der Waals surface area contributed by atoms with E-state index in [0.29, 0.717) is 0 Å². The van der Waals surface area contributed by atoms with Crippen LogP contribution >= 0.6 is 0 Å². The number of aromatic nitrogens is 2. The van der Waals surface area contributed by atoms with Crippen molar-refractivity contribution in [3.05, 3.63) is 18.0 Å². The molecule has 0 aliphatic heterocycles. The molecule has 1 heterocycles. The quantitative estimate of drug-likeness (QED) is 0.750. The molecule has 1 atom stereocenters. The zero-order chi connectivity index (χ0) is 11.3. The Hall–Kier alpha value is -1.32. The van der Waals surface area contributed by atoms with Crippen molar-refractivity contribution in [3.8, 4) is 0 Å². The second-order valence-electron chi connectivity index (χ2n) is 3.74. The van der Waals surface area contributed by atoms with Crippen molar-refractivity contribution in [1.82, 2.24) is 15.1 Å². The van der Waals surface area contributed by atoms with Crippen molar-refractivity contribution in [2.45, 2.75) is 39.7 Å². The first-order valence-corrected chi connectivity index (χ1v) is 5.44. The summed E-state index contributed by atoms with van der Waals surface area (Å²) < 4.78 is 1.74. The van der Waals surface area contributed by atoms with Crippen LogP contribution < -0.4 is 5.32 Å². The zero-order valence-corrected chi connectivity index (χ0v) is 9.66. The van der Waals surface area contributed by atoms with E-state index in [0.717, 1.165) is 25.1 Å². The third-order valence-corrected chi connectivity index (χ3v) is 2.44. The van der Waals surface area contributed by atoms with Gasteiger partial charge in [0.25, 0.3) is 0 Å². The minimum atomic E-state index is -0.225. The molecule has 0 aliphatic carbocycles. The van der Waals surface area contributed by atoms with Gasteiger partial charge in [0.1, 0.15) is 6.04 Å². The maximum Gasteiger partial charge on any atom is 0.244 e. The summed E-state index contributed by atoms with van der Waals surface area (Å²) in [5, 5.41) is 7.02. The largest absolute Gasteiger partial charge is 0.354 e. The number of carbonyl (C=O) groups is 1. The van der Waals surface area contributed by atoms with Gasteiger partial charge in [-0.1, -0.05) is 13.3 Å². The Labute approximate surface area is 90.7 Å². The van der Waals surface area contributed by atoms with Crippen molar-refractivity contribution in [2.75, 3.05) is 6.54 Å². The monoisotopic (exact) mass is 209 g/mol. The maximum absolute atomic E-state index is 11.7. The molecule has 0 saturated carbocycles. The summed E-state index contributed by atoms with van der Waals surface area (Å²) in [6, 6.07) is 1.67. The Bertz CT molecular complexity index is 319. The van der Waals surface area contributed by atoms with Crippen LogP contribution in [0.1, 0.15) is 38.4 Å².